The second-order valence-electron chi connectivity index (χ2n) is 7.74. The third-order valence-electron chi connectivity index (χ3n) is 5.70. The third kappa shape index (κ3) is 4.37. The van der Waals surface area contributed by atoms with Crippen LogP contribution in [0.25, 0.3) is 0 Å². The summed E-state index contributed by atoms with van der Waals surface area (Å²) in [6.45, 7) is 0. The van der Waals surface area contributed by atoms with Gasteiger partial charge in [0.2, 0.25) is 5.91 Å². The standard InChI is InChI=1S/C25H25FN2O4/c1-31-21-14-7-6-13-20(21)28(25(30)22-15-8-16-32-22)23(18-11-4-5-12-19(18)26)24(29)27-17-9-2-3-10-17/h4-8,11-17,23H,2-3,9-10H2,1H3,(H,27,29)/t23-/m1/s1. The van der Waals surface area contributed by atoms with E-state index in [1.165, 1.54) is 36.5 Å². The van der Waals surface area contributed by atoms with Gasteiger partial charge in [0, 0.05) is 11.6 Å². The molecule has 1 N–H and O–H groups in total. The zero-order chi connectivity index (χ0) is 22.5. The lowest BCUT2D eigenvalue weighted by molar-refractivity contribution is -0.123. The van der Waals surface area contributed by atoms with E-state index in [9.17, 15) is 9.59 Å². The first kappa shape index (κ1) is 21.6. The SMILES string of the molecule is COc1ccccc1N(C(=O)c1ccco1)[C@@H](C(=O)NC1CCCC1)c1ccccc1F. The van der Waals surface area contributed by atoms with Crippen molar-refractivity contribution < 1.29 is 23.1 Å². The van der Waals surface area contributed by atoms with Crippen LogP contribution in [0.3, 0.4) is 0 Å². The van der Waals surface area contributed by atoms with Crippen molar-refractivity contribution in [3.63, 3.8) is 0 Å². The summed E-state index contributed by atoms with van der Waals surface area (Å²) in [7, 11) is 1.48. The molecule has 0 saturated heterocycles. The van der Waals surface area contributed by atoms with Gasteiger partial charge in [0.15, 0.2) is 5.76 Å². The predicted molar refractivity (Wildman–Crippen MR) is 118 cm³/mol. The smallest absolute Gasteiger partial charge is 0.295 e. The van der Waals surface area contributed by atoms with Gasteiger partial charge in [-0.05, 0) is 43.2 Å². The number of rotatable bonds is 7. The first-order chi connectivity index (χ1) is 15.6. The Morgan fingerprint density at radius 3 is 2.47 bits per heavy atom. The van der Waals surface area contributed by atoms with Gasteiger partial charge in [0.1, 0.15) is 17.6 Å². The van der Waals surface area contributed by atoms with Crippen molar-refractivity contribution in [2.24, 2.45) is 0 Å². The van der Waals surface area contributed by atoms with Crippen molar-refractivity contribution in [1.29, 1.82) is 0 Å². The summed E-state index contributed by atoms with van der Waals surface area (Å²) >= 11 is 0. The first-order valence-electron chi connectivity index (χ1n) is 10.6. The van der Waals surface area contributed by atoms with Crippen LogP contribution in [0.1, 0.15) is 47.8 Å². The average molecular weight is 436 g/mol. The Morgan fingerprint density at radius 2 is 1.78 bits per heavy atom. The monoisotopic (exact) mass is 436 g/mol. The molecule has 0 unspecified atom stereocenters. The summed E-state index contributed by atoms with van der Waals surface area (Å²) in [6.07, 6.45) is 5.14. The van der Waals surface area contributed by atoms with Gasteiger partial charge < -0.3 is 14.5 Å². The number of ether oxygens (including phenoxy) is 1. The van der Waals surface area contributed by atoms with E-state index < -0.39 is 23.7 Å². The number of hydrogen-bond donors (Lipinski definition) is 1. The molecule has 0 aliphatic heterocycles. The predicted octanol–water partition coefficient (Wildman–Crippen LogP) is 4.87. The summed E-state index contributed by atoms with van der Waals surface area (Å²) < 4.78 is 25.8. The van der Waals surface area contributed by atoms with Gasteiger partial charge in [-0.2, -0.15) is 0 Å². The molecular formula is C25H25FN2O4. The second-order valence-corrected chi connectivity index (χ2v) is 7.74. The molecule has 0 spiro atoms. The quantitative estimate of drug-likeness (QED) is 0.573. The lowest BCUT2D eigenvalue weighted by Gasteiger charge is -2.32. The highest BCUT2D eigenvalue weighted by Crippen LogP contribution is 2.37. The molecule has 2 amide bonds. The zero-order valence-corrected chi connectivity index (χ0v) is 17.8. The van der Waals surface area contributed by atoms with Gasteiger partial charge in [-0.25, -0.2) is 4.39 Å². The molecular weight excluding hydrogens is 411 g/mol. The number of carbonyl (C=O) groups excluding carboxylic acids is 2. The van der Waals surface area contributed by atoms with E-state index in [0.29, 0.717) is 11.4 Å². The van der Waals surface area contributed by atoms with Gasteiger partial charge in [-0.1, -0.05) is 43.2 Å². The first-order valence-corrected chi connectivity index (χ1v) is 10.6. The molecule has 3 aromatic rings. The average Bonchev–Trinajstić information content (AvgIpc) is 3.52. The molecule has 166 valence electrons. The topological polar surface area (TPSA) is 71.8 Å². The lowest BCUT2D eigenvalue weighted by Crippen LogP contribution is -2.46. The van der Waals surface area contributed by atoms with Crippen LogP contribution in [-0.2, 0) is 4.79 Å². The summed E-state index contributed by atoms with van der Waals surface area (Å²) in [5, 5.41) is 3.02. The van der Waals surface area contributed by atoms with E-state index in [1.807, 2.05) is 0 Å². The molecule has 1 aromatic heterocycles. The fraction of sp³-hybridized carbons (Fsp3) is 0.280. The second kappa shape index (κ2) is 9.68. The highest BCUT2D eigenvalue weighted by molar-refractivity contribution is 6.09. The molecule has 4 rings (SSSR count). The number of methoxy groups -OCH3 is 1. The molecule has 2 aromatic carbocycles. The van der Waals surface area contributed by atoms with E-state index in [-0.39, 0.29) is 17.4 Å². The molecule has 1 atom stereocenters. The number of furan rings is 1. The van der Waals surface area contributed by atoms with Crippen molar-refractivity contribution in [3.8, 4) is 5.75 Å². The van der Waals surface area contributed by atoms with E-state index in [2.05, 4.69) is 5.32 Å². The summed E-state index contributed by atoms with van der Waals surface area (Å²) in [5.74, 6) is -1.19. The molecule has 7 heteroatoms. The van der Waals surface area contributed by atoms with Crippen LogP contribution in [0.4, 0.5) is 10.1 Å². The van der Waals surface area contributed by atoms with E-state index in [1.54, 1.807) is 42.5 Å². The highest BCUT2D eigenvalue weighted by atomic mass is 19.1. The Bertz CT molecular complexity index is 1080. The third-order valence-corrected chi connectivity index (χ3v) is 5.70. The summed E-state index contributed by atoms with van der Waals surface area (Å²) in [5.41, 5.74) is 0.431. The molecule has 1 saturated carbocycles. The maximum atomic E-state index is 15.0. The lowest BCUT2D eigenvalue weighted by atomic mass is 10.0. The molecule has 32 heavy (non-hydrogen) atoms. The van der Waals surface area contributed by atoms with Crippen LogP contribution in [0.2, 0.25) is 0 Å². The van der Waals surface area contributed by atoms with Crippen LogP contribution < -0.4 is 15.0 Å². The van der Waals surface area contributed by atoms with Gasteiger partial charge in [-0.3, -0.25) is 14.5 Å². The molecule has 6 nitrogen and oxygen atoms in total. The highest BCUT2D eigenvalue weighted by Gasteiger charge is 2.38. The van der Waals surface area contributed by atoms with Crippen LogP contribution in [0, 0.1) is 5.82 Å². The van der Waals surface area contributed by atoms with Crippen molar-refractivity contribution in [2.45, 2.75) is 37.8 Å². The number of carbonyl (C=O) groups is 2. The number of halogens is 1. The maximum absolute atomic E-state index is 15.0. The van der Waals surface area contributed by atoms with Crippen LogP contribution >= 0.6 is 0 Å². The van der Waals surface area contributed by atoms with E-state index in [0.717, 1.165) is 25.7 Å². The number of benzene rings is 2. The fourth-order valence-electron chi connectivity index (χ4n) is 4.16. The normalized spacial score (nSPS) is 14.7. The van der Waals surface area contributed by atoms with Crippen molar-refractivity contribution >= 4 is 17.5 Å². The van der Waals surface area contributed by atoms with Crippen molar-refractivity contribution in [3.05, 3.63) is 84.1 Å². The molecule has 0 radical (unpaired) electrons. The number of para-hydroxylation sites is 2. The van der Waals surface area contributed by atoms with Crippen LogP contribution in [-0.4, -0.2) is 25.0 Å². The Labute approximate surface area is 186 Å². The number of nitrogens with one attached hydrogen (secondary N) is 1. The van der Waals surface area contributed by atoms with E-state index >= 15 is 4.39 Å². The zero-order valence-electron chi connectivity index (χ0n) is 17.8. The van der Waals surface area contributed by atoms with E-state index in [4.69, 9.17) is 9.15 Å². The fourth-order valence-corrected chi connectivity index (χ4v) is 4.16. The van der Waals surface area contributed by atoms with Crippen LogP contribution in [0.15, 0.2) is 71.3 Å². The number of nitrogens with zero attached hydrogens (tertiary/aromatic N) is 1. The van der Waals surface area contributed by atoms with Gasteiger partial charge in [-0.15, -0.1) is 0 Å². The Kier molecular flexibility index (Phi) is 6.54. The Hall–Kier alpha value is -3.61. The van der Waals surface area contributed by atoms with Crippen LogP contribution in [0.5, 0.6) is 5.75 Å². The minimum absolute atomic E-state index is 0.00462. The van der Waals surface area contributed by atoms with Gasteiger partial charge in [0.25, 0.3) is 5.91 Å². The Morgan fingerprint density at radius 1 is 1.06 bits per heavy atom. The molecule has 1 aliphatic carbocycles. The molecule has 1 fully saturated rings. The maximum Gasteiger partial charge on any atom is 0.295 e. The minimum Gasteiger partial charge on any atom is -0.495 e. The molecule has 0 bridgehead atoms. The van der Waals surface area contributed by atoms with Gasteiger partial charge >= 0.3 is 0 Å². The number of anilines is 1. The number of hydrogen-bond acceptors (Lipinski definition) is 4. The van der Waals surface area contributed by atoms with Gasteiger partial charge in [0.05, 0.1) is 19.1 Å². The summed E-state index contributed by atoms with van der Waals surface area (Å²) in [4.78, 5) is 28.5. The number of amides is 2. The van der Waals surface area contributed by atoms with Crippen molar-refractivity contribution in [1.82, 2.24) is 5.32 Å². The minimum atomic E-state index is -1.26. The van der Waals surface area contributed by atoms with Crippen molar-refractivity contribution in [2.75, 3.05) is 12.0 Å². The summed E-state index contributed by atoms with van der Waals surface area (Å²) in [6, 6.07) is 14.7. The molecule has 1 heterocycles. The molecule has 1 aliphatic rings. The Balaban J connectivity index is 1.86. The largest absolute Gasteiger partial charge is 0.495 e.